The highest BCUT2D eigenvalue weighted by Crippen LogP contribution is 2.35. The number of hydrogen-bond donors (Lipinski definition) is 2. The average Bonchev–Trinajstić information content (AvgIpc) is 2.41. The fourth-order valence-electron chi connectivity index (χ4n) is 3.00. The molecule has 0 bridgehead atoms. The van der Waals surface area contributed by atoms with Crippen LogP contribution >= 0.6 is 0 Å². The number of hydrogen-bond acceptors (Lipinski definition) is 1. The van der Waals surface area contributed by atoms with E-state index in [1.54, 1.807) is 0 Å². The minimum Gasteiger partial charge on any atom is -0.352 e. The zero-order valence-corrected chi connectivity index (χ0v) is 10.8. The first-order chi connectivity index (χ1) is 8.77. The Hall–Kier alpha value is -1.51. The highest BCUT2D eigenvalue weighted by Gasteiger charge is 2.25. The van der Waals surface area contributed by atoms with Crippen LogP contribution < -0.4 is 11.1 Å². The van der Waals surface area contributed by atoms with Crippen LogP contribution in [0, 0.1) is 5.92 Å². The molecule has 1 aromatic rings. The van der Waals surface area contributed by atoms with E-state index in [0.717, 1.165) is 0 Å². The lowest BCUT2D eigenvalue weighted by Crippen LogP contribution is -2.35. The van der Waals surface area contributed by atoms with Crippen LogP contribution in [0.15, 0.2) is 30.3 Å². The summed E-state index contributed by atoms with van der Waals surface area (Å²) in [4.78, 5) is 10.9. The Morgan fingerprint density at radius 3 is 2.50 bits per heavy atom. The third-order valence-corrected chi connectivity index (χ3v) is 3.94. The summed E-state index contributed by atoms with van der Waals surface area (Å²) in [6.07, 6.45) is 6.50. The lowest BCUT2D eigenvalue weighted by atomic mass is 9.77. The Morgan fingerprint density at radius 2 is 1.89 bits per heavy atom. The van der Waals surface area contributed by atoms with E-state index in [9.17, 15) is 4.79 Å². The zero-order chi connectivity index (χ0) is 12.8. The van der Waals surface area contributed by atoms with Crippen molar-refractivity contribution >= 4 is 6.03 Å². The molecule has 1 aliphatic rings. The summed E-state index contributed by atoms with van der Waals surface area (Å²) in [5.74, 6) is 1.08. The van der Waals surface area contributed by atoms with Gasteiger partial charge in [0.05, 0.1) is 0 Å². The fraction of sp³-hybridized carbons (Fsp3) is 0.533. The van der Waals surface area contributed by atoms with Gasteiger partial charge in [0, 0.05) is 12.5 Å². The molecule has 1 fully saturated rings. The van der Waals surface area contributed by atoms with E-state index >= 15 is 0 Å². The normalized spacial score (nSPS) is 18.2. The largest absolute Gasteiger partial charge is 0.352 e. The minimum atomic E-state index is -0.424. The fourth-order valence-corrected chi connectivity index (χ4v) is 3.00. The lowest BCUT2D eigenvalue weighted by molar-refractivity contribution is 0.243. The SMILES string of the molecule is NC(=O)NC[C@@H](c1ccccc1)C1CCCCC1. The molecule has 1 saturated carbocycles. The number of nitrogens with two attached hydrogens (primary N) is 1. The maximum atomic E-state index is 10.9. The van der Waals surface area contributed by atoms with E-state index < -0.39 is 6.03 Å². The predicted molar refractivity (Wildman–Crippen MR) is 73.3 cm³/mol. The van der Waals surface area contributed by atoms with Crippen LogP contribution in [0.1, 0.15) is 43.6 Å². The minimum absolute atomic E-state index is 0.402. The van der Waals surface area contributed by atoms with Gasteiger partial charge in [-0.25, -0.2) is 4.79 Å². The first-order valence-corrected chi connectivity index (χ1v) is 6.85. The maximum absolute atomic E-state index is 10.9. The number of amides is 2. The number of primary amides is 1. The molecule has 0 heterocycles. The van der Waals surface area contributed by atoms with E-state index in [4.69, 9.17) is 5.73 Å². The summed E-state index contributed by atoms with van der Waals surface area (Å²) < 4.78 is 0. The van der Waals surface area contributed by atoms with Gasteiger partial charge in [-0.1, -0.05) is 49.6 Å². The van der Waals surface area contributed by atoms with Gasteiger partial charge in [0.15, 0.2) is 0 Å². The number of urea groups is 1. The van der Waals surface area contributed by atoms with E-state index in [0.29, 0.717) is 18.4 Å². The summed E-state index contributed by atoms with van der Waals surface area (Å²) in [5, 5.41) is 2.78. The third kappa shape index (κ3) is 3.49. The molecule has 3 nitrogen and oxygen atoms in total. The van der Waals surface area contributed by atoms with Gasteiger partial charge in [-0.15, -0.1) is 0 Å². The Morgan fingerprint density at radius 1 is 1.22 bits per heavy atom. The Balaban J connectivity index is 2.08. The summed E-state index contributed by atoms with van der Waals surface area (Å²) in [5.41, 5.74) is 6.52. The summed E-state index contributed by atoms with van der Waals surface area (Å²) in [6, 6.07) is 10.0. The standard InChI is InChI=1S/C15H22N2O/c16-15(18)17-11-14(12-7-3-1-4-8-12)13-9-5-2-6-10-13/h1,3-4,7-8,13-14H,2,5-6,9-11H2,(H3,16,17,18)/t14-/m0/s1. The first kappa shape index (κ1) is 12.9. The van der Waals surface area contributed by atoms with Gasteiger partial charge in [0.2, 0.25) is 0 Å². The van der Waals surface area contributed by atoms with Gasteiger partial charge in [-0.05, 0) is 24.3 Å². The Kier molecular flexibility index (Phi) is 4.62. The van der Waals surface area contributed by atoms with Crippen LogP contribution in [0.3, 0.4) is 0 Å². The van der Waals surface area contributed by atoms with Gasteiger partial charge in [0.25, 0.3) is 0 Å². The predicted octanol–water partition coefficient (Wildman–Crippen LogP) is 3.02. The maximum Gasteiger partial charge on any atom is 0.312 e. The molecule has 98 valence electrons. The molecule has 1 aliphatic carbocycles. The molecule has 1 atom stereocenters. The molecule has 3 heteroatoms. The van der Waals surface area contributed by atoms with Crippen molar-refractivity contribution < 1.29 is 4.79 Å². The second-order valence-electron chi connectivity index (χ2n) is 5.16. The summed E-state index contributed by atoms with van der Waals surface area (Å²) in [7, 11) is 0. The smallest absolute Gasteiger partial charge is 0.312 e. The van der Waals surface area contributed by atoms with Gasteiger partial charge in [-0.3, -0.25) is 0 Å². The van der Waals surface area contributed by atoms with Crippen LogP contribution in [-0.2, 0) is 0 Å². The molecular formula is C15H22N2O. The molecule has 3 N–H and O–H groups in total. The van der Waals surface area contributed by atoms with Crippen molar-refractivity contribution in [3.8, 4) is 0 Å². The molecule has 18 heavy (non-hydrogen) atoms. The van der Waals surface area contributed by atoms with Gasteiger partial charge in [-0.2, -0.15) is 0 Å². The molecule has 1 aromatic carbocycles. The second-order valence-corrected chi connectivity index (χ2v) is 5.16. The van der Waals surface area contributed by atoms with Crippen molar-refractivity contribution in [2.45, 2.75) is 38.0 Å². The highest BCUT2D eigenvalue weighted by molar-refractivity contribution is 5.71. The Bertz CT molecular complexity index is 371. The monoisotopic (exact) mass is 246 g/mol. The van der Waals surface area contributed by atoms with Gasteiger partial charge < -0.3 is 11.1 Å². The van der Waals surface area contributed by atoms with Crippen LogP contribution in [-0.4, -0.2) is 12.6 Å². The molecule has 0 aliphatic heterocycles. The summed E-state index contributed by atoms with van der Waals surface area (Å²) in [6.45, 7) is 0.657. The number of carbonyl (C=O) groups is 1. The molecule has 2 amide bonds. The average molecular weight is 246 g/mol. The second kappa shape index (κ2) is 6.43. The van der Waals surface area contributed by atoms with E-state index in [2.05, 4.69) is 29.6 Å². The molecule has 0 spiro atoms. The van der Waals surface area contributed by atoms with Crippen LogP contribution in [0.5, 0.6) is 0 Å². The topological polar surface area (TPSA) is 55.1 Å². The molecule has 0 saturated heterocycles. The molecule has 0 radical (unpaired) electrons. The van der Waals surface area contributed by atoms with Crippen molar-refractivity contribution in [1.82, 2.24) is 5.32 Å². The third-order valence-electron chi connectivity index (χ3n) is 3.94. The van der Waals surface area contributed by atoms with Crippen LogP contribution in [0.2, 0.25) is 0 Å². The van der Waals surface area contributed by atoms with Crippen molar-refractivity contribution in [1.29, 1.82) is 0 Å². The number of carbonyl (C=O) groups excluding carboxylic acids is 1. The van der Waals surface area contributed by atoms with Crippen molar-refractivity contribution in [2.75, 3.05) is 6.54 Å². The van der Waals surface area contributed by atoms with E-state index in [-0.39, 0.29) is 0 Å². The highest BCUT2D eigenvalue weighted by atomic mass is 16.2. The number of rotatable bonds is 4. The summed E-state index contributed by atoms with van der Waals surface area (Å²) >= 11 is 0. The Labute approximate surface area is 109 Å². The van der Waals surface area contributed by atoms with Gasteiger partial charge in [0.1, 0.15) is 0 Å². The lowest BCUT2D eigenvalue weighted by Gasteiger charge is -2.30. The van der Waals surface area contributed by atoms with E-state index in [1.807, 2.05) is 6.07 Å². The van der Waals surface area contributed by atoms with Crippen molar-refractivity contribution in [2.24, 2.45) is 11.7 Å². The number of benzene rings is 1. The first-order valence-electron chi connectivity index (χ1n) is 6.85. The zero-order valence-electron chi connectivity index (χ0n) is 10.8. The quantitative estimate of drug-likeness (QED) is 0.843. The van der Waals surface area contributed by atoms with Crippen molar-refractivity contribution in [3.63, 3.8) is 0 Å². The van der Waals surface area contributed by atoms with Crippen molar-refractivity contribution in [3.05, 3.63) is 35.9 Å². The number of nitrogens with one attached hydrogen (secondary N) is 1. The molecular weight excluding hydrogens is 224 g/mol. The van der Waals surface area contributed by atoms with Crippen LogP contribution in [0.25, 0.3) is 0 Å². The van der Waals surface area contributed by atoms with Crippen LogP contribution in [0.4, 0.5) is 4.79 Å². The molecule has 0 unspecified atom stereocenters. The van der Waals surface area contributed by atoms with Gasteiger partial charge >= 0.3 is 6.03 Å². The molecule has 2 rings (SSSR count). The molecule has 0 aromatic heterocycles. The van der Waals surface area contributed by atoms with E-state index in [1.165, 1.54) is 37.7 Å².